The van der Waals surface area contributed by atoms with E-state index in [0.717, 1.165) is 5.56 Å². The van der Waals surface area contributed by atoms with E-state index in [2.05, 4.69) is 10.3 Å². The molecular weight excluding hydrogens is 202 g/mol. The van der Waals surface area contributed by atoms with E-state index in [0.29, 0.717) is 6.54 Å². The normalized spacial score (nSPS) is 13.4. The van der Waals surface area contributed by atoms with E-state index in [-0.39, 0.29) is 11.9 Å². The highest BCUT2D eigenvalue weighted by atomic mass is 16.1. The van der Waals surface area contributed by atoms with Gasteiger partial charge in [-0.2, -0.15) is 0 Å². The first kappa shape index (κ1) is 12.6. The zero-order valence-electron chi connectivity index (χ0n) is 10.0. The van der Waals surface area contributed by atoms with Gasteiger partial charge in [-0.3, -0.25) is 9.78 Å². The fraction of sp³-hybridized carbons (Fsp3) is 0.500. The number of carbonyl (C=O) groups is 1. The van der Waals surface area contributed by atoms with E-state index in [9.17, 15) is 4.79 Å². The van der Waals surface area contributed by atoms with Crippen molar-refractivity contribution < 1.29 is 4.79 Å². The van der Waals surface area contributed by atoms with Gasteiger partial charge in [0.15, 0.2) is 0 Å². The summed E-state index contributed by atoms with van der Waals surface area (Å²) in [5.74, 6) is -0.293. The average Bonchev–Trinajstić information content (AvgIpc) is 2.27. The predicted molar refractivity (Wildman–Crippen MR) is 63.6 cm³/mol. The molecule has 0 aromatic carbocycles. The van der Waals surface area contributed by atoms with Gasteiger partial charge in [-0.15, -0.1) is 0 Å². The number of nitrogens with two attached hydrogens (primary N) is 1. The summed E-state index contributed by atoms with van der Waals surface area (Å²) in [5, 5.41) is 3.28. The first-order valence-corrected chi connectivity index (χ1v) is 5.37. The van der Waals surface area contributed by atoms with Crippen molar-refractivity contribution in [1.82, 2.24) is 10.3 Å². The summed E-state index contributed by atoms with van der Waals surface area (Å²) >= 11 is 0. The van der Waals surface area contributed by atoms with Crippen molar-refractivity contribution in [3.8, 4) is 0 Å². The minimum Gasteiger partial charge on any atom is -0.369 e. The van der Waals surface area contributed by atoms with E-state index in [1.54, 1.807) is 6.20 Å². The van der Waals surface area contributed by atoms with Crippen LogP contribution in [0.25, 0.3) is 0 Å². The maximum Gasteiger partial charge on any atom is 0.224 e. The Balaban J connectivity index is 2.54. The van der Waals surface area contributed by atoms with Crippen LogP contribution in [0.15, 0.2) is 24.5 Å². The van der Waals surface area contributed by atoms with Crippen LogP contribution in [-0.2, 0) is 4.79 Å². The molecule has 1 rings (SSSR count). The van der Waals surface area contributed by atoms with E-state index in [1.165, 1.54) is 0 Å². The molecule has 1 aromatic rings. The van der Waals surface area contributed by atoms with Crippen molar-refractivity contribution >= 4 is 5.91 Å². The highest BCUT2D eigenvalue weighted by Gasteiger charge is 2.25. The van der Waals surface area contributed by atoms with Gasteiger partial charge in [0.05, 0.1) is 5.41 Å². The Bertz CT molecular complexity index is 349. The minimum atomic E-state index is -0.531. The SMILES string of the molecule is CC(NCC(C)(C)C(N)=O)c1cccnc1. The van der Waals surface area contributed by atoms with Gasteiger partial charge in [-0.1, -0.05) is 6.07 Å². The van der Waals surface area contributed by atoms with Crippen LogP contribution in [0, 0.1) is 5.41 Å². The number of carbonyl (C=O) groups excluding carboxylic acids is 1. The number of nitrogens with one attached hydrogen (secondary N) is 1. The number of pyridine rings is 1. The molecule has 0 aliphatic rings. The van der Waals surface area contributed by atoms with Crippen molar-refractivity contribution in [2.24, 2.45) is 11.1 Å². The van der Waals surface area contributed by atoms with Gasteiger partial charge in [-0.05, 0) is 32.4 Å². The third-order valence-electron chi connectivity index (χ3n) is 2.70. The number of aromatic nitrogens is 1. The van der Waals surface area contributed by atoms with Crippen LogP contribution in [0.2, 0.25) is 0 Å². The molecule has 1 amide bonds. The van der Waals surface area contributed by atoms with Gasteiger partial charge < -0.3 is 11.1 Å². The number of hydrogen-bond donors (Lipinski definition) is 2. The lowest BCUT2D eigenvalue weighted by atomic mass is 9.92. The van der Waals surface area contributed by atoms with Crippen molar-refractivity contribution in [3.05, 3.63) is 30.1 Å². The van der Waals surface area contributed by atoms with E-state index in [4.69, 9.17) is 5.73 Å². The largest absolute Gasteiger partial charge is 0.369 e. The molecule has 4 nitrogen and oxygen atoms in total. The number of nitrogens with zero attached hydrogens (tertiary/aromatic N) is 1. The van der Waals surface area contributed by atoms with Crippen LogP contribution in [0.1, 0.15) is 32.4 Å². The summed E-state index contributed by atoms with van der Waals surface area (Å²) in [4.78, 5) is 15.2. The third kappa shape index (κ3) is 3.31. The second-order valence-corrected chi connectivity index (χ2v) is 4.64. The molecule has 0 saturated heterocycles. The van der Waals surface area contributed by atoms with Crippen molar-refractivity contribution in [3.63, 3.8) is 0 Å². The Labute approximate surface area is 96.3 Å². The number of hydrogen-bond acceptors (Lipinski definition) is 3. The molecule has 0 aliphatic heterocycles. The summed E-state index contributed by atoms with van der Waals surface area (Å²) in [6, 6.07) is 4.06. The number of rotatable bonds is 5. The second-order valence-electron chi connectivity index (χ2n) is 4.64. The van der Waals surface area contributed by atoms with Gasteiger partial charge in [0.1, 0.15) is 0 Å². The van der Waals surface area contributed by atoms with Gasteiger partial charge >= 0.3 is 0 Å². The average molecular weight is 221 g/mol. The Morgan fingerprint density at radius 2 is 2.31 bits per heavy atom. The smallest absolute Gasteiger partial charge is 0.224 e. The van der Waals surface area contributed by atoms with Crippen molar-refractivity contribution in [1.29, 1.82) is 0 Å². The van der Waals surface area contributed by atoms with E-state index < -0.39 is 5.41 Å². The molecule has 4 heteroatoms. The van der Waals surface area contributed by atoms with Crippen LogP contribution >= 0.6 is 0 Å². The molecule has 0 spiro atoms. The molecule has 16 heavy (non-hydrogen) atoms. The molecule has 3 N–H and O–H groups in total. The molecule has 0 bridgehead atoms. The first-order chi connectivity index (χ1) is 7.43. The molecule has 1 unspecified atom stereocenters. The van der Waals surface area contributed by atoms with E-state index >= 15 is 0 Å². The van der Waals surface area contributed by atoms with Crippen LogP contribution in [-0.4, -0.2) is 17.4 Å². The second kappa shape index (κ2) is 5.07. The molecule has 0 saturated carbocycles. The predicted octanol–water partition coefficient (Wildman–Crippen LogP) is 1.24. The molecule has 0 fully saturated rings. The minimum absolute atomic E-state index is 0.160. The van der Waals surface area contributed by atoms with Crippen LogP contribution in [0.5, 0.6) is 0 Å². The highest BCUT2D eigenvalue weighted by molar-refractivity contribution is 5.80. The van der Waals surface area contributed by atoms with Gasteiger partial charge in [0.2, 0.25) is 5.91 Å². The third-order valence-corrected chi connectivity index (χ3v) is 2.70. The molecule has 1 heterocycles. The fourth-order valence-electron chi connectivity index (χ4n) is 1.25. The quantitative estimate of drug-likeness (QED) is 0.786. The Hall–Kier alpha value is -1.42. The Morgan fingerprint density at radius 3 is 2.81 bits per heavy atom. The Morgan fingerprint density at radius 1 is 1.62 bits per heavy atom. The highest BCUT2D eigenvalue weighted by Crippen LogP contribution is 2.16. The molecule has 88 valence electrons. The topological polar surface area (TPSA) is 68.0 Å². The summed E-state index contributed by atoms with van der Waals surface area (Å²) < 4.78 is 0. The summed E-state index contributed by atoms with van der Waals surface area (Å²) in [5.41, 5.74) is 5.87. The maximum absolute atomic E-state index is 11.1. The lowest BCUT2D eigenvalue weighted by Gasteiger charge is -2.23. The molecular formula is C12H19N3O. The van der Waals surface area contributed by atoms with E-state index in [1.807, 2.05) is 39.1 Å². The van der Waals surface area contributed by atoms with Crippen LogP contribution in [0.3, 0.4) is 0 Å². The lowest BCUT2D eigenvalue weighted by molar-refractivity contribution is -0.125. The molecule has 0 aliphatic carbocycles. The summed E-state index contributed by atoms with van der Waals surface area (Å²) in [6.45, 7) is 6.25. The molecule has 1 atom stereocenters. The van der Waals surface area contributed by atoms with Crippen molar-refractivity contribution in [2.75, 3.05) is 6.54 Å². The molecule has 0 radical (unpaired) electrons. The zero-order chi connectivity index (χ0) is 12.2. The Kier molecular flexibility index (Phi) is 4.01. The maximum atomic E-state index is 11.1. The van der Waals surface area contributed by atoms with Crippen LogP contribution < -0.4 is 11.1 Å². The van der Waals surface area contributed by atoms with Crippen LogP contribution in [0.4, 0.5) is 0 Å². The van der Waals surface area contributed by atoms with Crippen molar-refractivity contribution in [2.45, 2.75) is 26.8 Å². The zero-order valence-corrected chi connectivity index (χ0v) is 10.0. The summed E-state index contributed by atoms with van der Waals surface area (Å²) in [6.07, 6.45) is 3.55. The lowest BCUT2D eigenvalue weighted by Crippen LogP contribution is -2.41. The fourth-order valence-corrected chi connectivity index (χ4v) is 1.25. The first-order valence-electron chi connectivity index (χ1n) is 5.37. The van der Waals surface area contributed by atoms with Gasteiger partial charge in [0, 0.05) is 25.0 Å². The monoisotopic (exact) mass is 221 g/mol. The number of primary amides is 1. The summed E-state index contributed by atoms with van der Waals surface area (Å²) in [7, 11) is 0. The number of amides is 1. The van der Waals surface area contributed by atoms with Gasteiger partial charge in [-0.25, -0.2) is 0 Å². The van der Waals surface area contributed by atoms with Gasteiger partial charge in [0.25, 0.3) is 0 Å². The standard InChI is InChI=1S/C12H19N3O/c1-9(10-5-4-6-14-7-10)15-8-12(2,3)11(13)16/h4-7,9,15H,8H2,1-3H3,(H2,13,16). The molecule has 1 aromatic heterocycles.